The summed E-state index contributed by atoms with van der Waals surface area (Å²) >= 11 is 3.00. The predicted molar refractivity (Wildman–Crippen MR) is 167 cm³/mol. The second-order valence-corrected chi connectivity index (χ2v) is 12.7. The summed E-state index contributed by atoms with van der Waals surface area (Å²) in [5, 5.41) is 4.60. The van der Waals surface area contributed by atoms with E-state index in [1.807, 2.05) is 36.9 Å². The smallest absolute Gasteiger partial charge is 0.438 e. The Morgan fingerprint density at radius 1 is 1.02 bits per heavy atom. The fourth-order valence-corrected chi connectivity index (χ4v) is 7.11. The van der Waals surface area contributed by atoms with Crippen LogP contribution in [0.25, 0.3) is 0 Å². The zero-order chi connectivity index (χ0) is 29.6. The Morgan fingerprint density at radius 2 is 1.81 bits per heavy atom. The van der Waals surface area contributed by atoms with E-state index >= 15 is 0 Å². The number of anilines is 1. The average molecular weight is 613 g/mol. The Kier molecular flexibility index (Phi) is 9.96. The molecule has 1 atom stereocenters. The number of ether oxygens (including phenoxy) is 3. The lowest BCUT2D eigenvalue weighted by Gasteiger charge is -2.31. The van der Waals surface area contributed by atoms with Gasteiger partial charge in [-0.2, -0.15) is 16.9 Å². The number of aryl methyl sites for hydroxylation is 1. The lowest BCUT2D eigenvalue weighted by atomic mass is 9.96. The van der Waals surface area contributed by atoms with Crippen LogP contribution in [0, 0.1) is 0 Å². The molecule has 1 fully saturated rings. The monoisotopic (exact) mass is 612 g/mol. The Hall–Kier alpha value is -3.22. The van der Waals surface area contributed by atoms with Gasteiger partial charge in [-0.25, -0.2) is 4.79 Å². The van der Waals surface area contributed by atoms with Crippen LogP contribution in [0.3, 0.4) is 0 Å². The van der Waals surface area contributed by atoms with Crippen LogP contribution in [0.15, 0.2) is 41.5 Å². The first-order valence-corrected chi connectivity index (χ1v) is 16.2. The molecule has 0 aromatic heterocycles. The van der Waals surface area contributed by atoms with E-state index in [0.717, 1.165) is 77.6 Å². The molecule has 0 saturated carbocycles. The fourth-order valence-electron chi connectivity index (χ4n) is 5.32. The van der Waals surface area contributed by atoms with E-state index in [9.17, 15) is 14.4 Å². The van der Waals surface area contributed by atoms with E-state index in [2.05, 4.69) is 10.0 Å². The second-order valence-electron chi connectivity index (χ2n) is 10.2. The van der Waals surface area contributed by atoms with Gasteiger partial charge in [-0.05, 0) is 67.6 Å². The first kappa shape index (κ1) is 30.2. The summed E-state index contributed by atoms with van der Waals surface area (Å²) < 4.78 is 16.1. The van der Waals surface area contributed by atoms with Crippen molar-refractivity contribution < 1.29 is 28.6 Å². The van der Waals surface area contributed by atoms with Gasteiger partial charge < -0.3 is 24.0 Å². The summed E-state index contributed by atoms with van der Waals surface area (Å²) in [6.45, 7) is 5.69. The number of amides is 3. The van der Waals surface area contributed by atoms with Gasteiger partial charge in [0.1, 0.15) is 0 Å². The number of rotatable bonds is 8. The van der Waals surface area contributed by atoms with Gasteiger partial charge in [0.2, 0.25) is 0 Å². The van der Waals surface area contributed by atoms with Crippen molar-refractivity contribution >= 4 is 52.2 Å². The maximum absolute atomic E-state index is 13.5. The van der Waals surface area contributed by atoms with Gasteiger partial charge in [0.05, 0.1) is 31.8 Å². The minimum atomic E-state index is -0.754. The maximum Gasteiger partial charge on any atom is 0.438 e. The first-order valence-electron chi connectivity index (χ1n) is 14.1. The molecular weight excluding hydrogens is 576 g/mol. The quantitative estimate of drug-likeness (QED) is 0.376. The third-order valence-corrected chi connectivity index (χ3v) is 9.43. The molecule has 10 nitrogen and oxygen atoms in total. The molecule has 3 aliphatic rings. The Bertz CT molecular complexity index is 1360. The summed E-state index contributed by atoms with van der Waals surface area (Å²) in [5.41, 5.74) is 3.78. The molecule has 1 unspecified atom stereocenters. The van der Waals surface area contributed by atoms with Gasteiger partial charge in [-0.15, -0.1) is 5.01 Å². The van der Waals surface area contributed by atoms with E-state index in [1.54, 1.807) is 37.3 Å². The van der Waals surface area contributed by atoms with Gasteiger partial charge >= 0.3 is 11.3 Å². The van der Waals surface area contributed by atoms with Crippen LogP contribution in [-0.4, -0.2) is 96.6 Å². The standard InChI is InChI=1S/C30H36N4O6S2/c1-20-27(31-34(30(37)42-20)29(36)40-15-5-11-32-13-16-41-17-14-32)22-7-9-24-21(18-22)6-4-12-33(24)28(35)23-8-10-25(38-2)26(19-23)39-3/h7-10,18-20H,4-6,11-17H2,1-3H3. The summed E-state index contributed by atoms with van der Waals surface area (Å²) in [7, 11) is 3.10. The number of nitrogens with zero attached hydrogens (tertiary/aromatic N) is 4. The number of carbonyl (C=O) groups excluding carboxylic acids is 3. The van der Waals surface area contributed by atoms with Crippen LogP contribution in [-0.2, 0) is 11.2 Å². The fraction of sp³-hybridized carbons (Fsp3) is 0.467. The largest absolute Gasteiger partial charge is 0.493 e. The third-order valence-electron chi connectivity index (χ3n) is 7.53. The van der Waals surface area contributed by atoms with Crippen LogP contribution in [0.5, 0.6) is 11.5 Å². The molecule has 3 amide bonds. The van der Waals surface area contributed by atoms with E-state index in [1.165, 1.54) is 0 Å². The molecular formula is C30H36N4O6S2. The van der Waals surface area contributed by atoms with Crippen molar-refractivity contribution in [2.75, 3.05) is 63.4 Å². The highest BCUT2D eigenvalue weighted by atomic mass is 32.2. The highest BCUT2D eigenvalue weighted by Crippen LogP contribution is 2.34. The highest BCUT2D eigenvalue weighted by Gasteiger charge is 2.34. The molecule has 0 N–H and O–H groups in total. The van der Waals surface area contributed by atoms with Crippen LogP contribution >= 0.6 is 23.5 Å². The number of carbonyl (C=O) groups is 3. The van der Waals surface area contributed by atoms with Crippen molar-refractivity contribution in [2.24, 2.45) is 5.10 Å². The molecule has 0 spiro atoms. The topological polar surface area (TPSA) is 101 Å². The number of imide groups is 1. The normalized spacial score (nSPS) is 19.2. The maximum atomic E-state index is 13.5. The summed E-state index contributed by atoms with van der Waals surface area (Å²) in [6.07, 6.45) is 1.56. The van der Waals surface area contributed by atoms with E-state index in [-0.39, 0.29) is 17.8 Å². The lowest BCUT2D eigenvalue weighted by Crippen LogP contribution is -2.39. The molecule has 0 aliphatic carbocycles. The molecule has 224 valence electrons. The summed E-state index contributed by atoms with van der Waals surface area (Å²) in [6, 6.07) is 11.0. The number of hydrogen-bond acceptors (Lipinski definition) is 10. The molecule has 12 heteroatoms. The van der Waals surface area contributed by atoms with Gasteiger partial charge in [0.15, 0.2) is 11.5 Å². The SMILES string of the molecule is COc1ccc(C(=O)N2CCCc3cc(C4=NN(C(=O)OCCCN5CCSCC5)C(=O)SC4C)ccc32)cc1OC. The summed E-state index contributed by atoms with van der Waals surface area (Å²) in [5.74, 6) is 3.19. The van der Waals surface area contributed by atoms with Crippen molar-refractivity contribution in [3.63, 3.8) is 0 Å². The Balaban J connectivity index is 1.29. The number of hydrogen-bond donors (Lipinski definition) is 0. The number of benzene rings is 2. The second kappa shape index (κ2) is 13.8. The van der Waals surface area contributed by atoms with Crippen molar-refractivity contribution in [3.8, 4) is 11.5 Å². The van der Waals surface area contributed by atoms with E-state index in [0.29, 0.717) is 35.7 Å². The number of methoxy groups -OCH3 is 2. The average Bonchev–Trinajstić information content (AvgIpc) is 3.02. The van der Waals surface area contributed by atoms with Gasteiger partial charge in [-0.1, -0.05) is 17.8 Å². The Labute approximate surface area is 254 Å². The molecule has 3 heterocycles. The summed E-state index contributed by atoms with van der Waals surface area (Å²) in [4.78, 5) is 43.1. The number of thioether (sulfide) groups is 2. The lowest BCUT2D eigenvalue weighted by molar-refractivity contribution is 0.0984. The van der Waals surface area contributed by atoms with Gasteiger partial charge in [0, 0.05) is 48.9 Å². The minimum absolute atomic E-state index is 0.123. The van der Waals surface area contributed by atoms with Crippen LogP contribution in [0.1, 0.15) is 41.3 Å². The van der Waals surface area contributed by atoms with Crippen LogP contribution < -0.4 is 14.4 Å². The minimum Gasteiger partial charge on any atom is -0.493 e. The van der Waals surface area contributed by atoms with E-state index < -0.39 is 11.3 Å². The number of hydrazone groups is 1. The van der Waals surface area contributed by atoms with Crippen LogP contribution in [0.2, 0.25) is 0 Å². The molecule has 0 bridgehead atoms. The molecule has 1 saturated heterocycles. The first-order chi connectivity index (χ1) is 20.4. The zero-order valence-electron chi connectivity index (χ0n) is 24.2. The number of fused-ring (bicyclic) bond motifs is 1. The van der Waals surface area contributed by atoms with Gasteiger partial charge in [-0.3, -0.25) is 9.59 Å². The third kappa shape index (κ3) is 6.71. The van der Waals surface area contributed by atoms with Crippen LogP contribution in [0.4, 0.5) is 15.3 Å². The molecule has 0 radical (unpaired) electrons. The van der Waals surface area contributed by atoms with Gasteiger partial charge in [0.25, 0.3) is 5.91 Å². The zero-order valence-corrected chi connectivity index (χ0v) is 25.8. The predicted octanol–water partition coefficient (Wildman–Crippen LogP) is 5.13. The van der Waals surface area contributed by atoms with Crippen molar-refractivity contribution in [1.82, 2.24) is 9.91 Å². The Morgan fingerprint density at radius 3 is 2.57 bits per heavy atom. The van der Waals surface area contributed by atoms with Crippen molar-refractivity contribution in [1.29, 1.82) is 0 Å². The molecule has 5 rings (SSSR count). The molecule has 2 aromatic rings. The van der Waals surface area contributed by atoms with E-state index in [4.69, 9.17) is 14.2 Å². The molecule has 42 heavy (non-hydrogen) atoms. The molecule has 3 aliphatic heterocycles. The highest BCUT2D eigenvalue weighted by molar-refractivity contribution is 8.14. The van der Waals surface area contributed by atoms with Crippen molar-refractivity contribution in [2.45, 2.75) is 31.4 Å². The van der Waals surface area contributed by atoms with Crippen molar-refractivity contribution in [3.05, 3.63) is 53.1 Å². The molecule has 2 aromatic carbocycles.